The zero-order chi connectivity index (χ0) is 21.6. The van der Waals surface area contributed by atoms with Crippen LogP contribution in [-0.2, 0) is 25.8 Å². The second-order valence-electron chi connectivity index (χ2n) is 7.38. The van der Waals surface area contributed by atoms with E-state index in [0.717, 1.165) is 55.3 Å². The summed E-state index contributed by atoms with van der Waals surface area (Å²) in [7, 11) is 0. The molecule has 0 saturated heterocycles. The van der Waals surface area contributed by atoms with Gasteiger partial charge >= 0.3 is 0 Å². The first-order chi connectivity index (χ1) is 15.1. The second-order valence-corrected chi connectivity index (χ2v) is 8.46. The standard InChI is InChI=1S/C22H25FN6OS/c1-14-21(22(30)26-13-18-15(23)5-4-10-25-18)31-20(27-14)9-12-24-11-8-19-28-16-6-2-3-7-17(16)29-19/h2,4-6,10,24H,3,7-9,11-13H2,1H3,(H,26,30)(H,28,29). The summed E-state index contributed by atoms with van der Waals surface area (Å²) >= 11 is 1.38. The Kier molecular flexibility index (Phi) is 6.83. The minimum atomic E-state index is -0.429. The highest BCUT2D eigenvalue weighted by Crippen LogP contribution is 2.19. The largest absolute Gasteiger partial charge is 0.346 e. The predicted molar refractivity (Wildman–Crippen MR) is 118 cm³/mol. The smallest absolute Gasteiger partial charge is 0.263 e. The van der Waals surface area contributed by atoms with E-state index in [1.54, 1.807) is 0 Å². The molecule has 0 unspecified atom stereocenters. The van der Waals surface area contributed by atoms with E-state index in [9.17, 15) is 9.18 Å². The molecule has 0 spiro atoms. The predicted octanol–water partition coefficient (Wildman–Crippen LogP) is 2.97. The van der Waals surface area contributed by atoms with Crippen LogP contribution in [-0.4, -0.2) is 38.9 Å². The Balaban J connectivity index is 1.21. The molecule has 0 atom stereocenters. The maximum absolute atomic E-state index is 13.7. The lowest BCUT2D eigenvalue weighted by molar-refractivity contribution is 0.0953. The van der Waals surface area contributed by atoms with Gasteiger partial charge in [-0.15, -0.1) is 11.3 Å². The number of pyridine rings is 1. The number of hydrogen-bond donors (Lipinski definition) is 3. The minimum absolute atomic E-state index is 0.0474. The van der Waals surface area contributed by atoms with Crippen molar-refractivity contribution in [2.24, 2.45) is 0 Å². The number of nitrogens with one attached hydrogen (secondary N) is 3. The van der Waals surface area contributed by atoms with Gasteiger partial charge in [0.25, 0.3) is 5.91 Å². The summed E-state index contributed by atoms with van der Waals surface area (Å²) in [4.78, 5) is 29.5. The van der Waals surface area contributed by atoms with Gasteiger partial charge in [-0.05, 0) is 38.0 Å². The lowest BCUT2D eigenvalue weighted by Crippen LogP contribution is -2.23. The number of aromatic amines is 1. The molecule has 0 radical (unpaired) electrons. The summed E-state index contributed by atoms with van der Waals surface area (Å²) in [5.41, 5.74) is 3.20. The van der Waals surface area contributed by atoms with Crippen LogP contribution in [0.5, 0.6) is 0 Å². The van der Waals surface area contributed by atoms with Crippen LogP contribution in [0.2, 0.25) is 0 Å². The molecular weight excluding hydrogens is 415 g/mol. The molecule has 1 aliphatic carbocycles. The van der Waals surface area contributed by atoms with Gasteiger partial charge in [0.05, 0.1) is 28.6 Å². The minimum Gasteiger partial charge on any atom is -0.346 e. The van der Waals surface area contributed by atoms with Crippen LogP contribution in [0.15, 0.2) is 24.4 Å². The lowest BCUT2D eigenvalue weighted by Gasteiger charge is -2.04. The number of amides is 1. The monoisotopic (exact) mass is 440 g/mol. The van der Waals surface area contributed by atoms with Gasteiger partial charge in [-0.2, -0.15) is 0 Å². The molecule has 0 saturated carbocycles. The van der Waals surface area contributed by atoms with Crippen molar-refractivity contribution in [1.82, 2.24) is 30.6 Å². The molecule has 7 nitrogen and oxygen atoms in total. The molecule has 3 aromatic heterocycles. The van der Waals surface area contributed by atoms with Gasteiger partial charge in [-0.25, -0.2) is 14.4 Å². The zero-order valence-electron chi connectivity index (χ0n) is 17.4. The number of imidazole rings is 1. The number of halogens is 1. The third kappa shape index (κ3) is 5.42. The van der Waals surface area contributed by atoms with E-state index in [0.29, 0.717) is 10.6 Å². The molecule has 4 rings (SSSR count). The average Bonchev–Trinajstić information content (AvgIpc) is 3.35. The van der Waals surface area contributed by atoms with Crippen LogP contribution < -0.4 is 10.6 Å². The number of aromatic nitrogens is 4. The molecule has 3 aromatic rings. The Morgan fingerprint density at radius 3 is 3.00 bits per heavy atom. The van der Waals surface area contributed by atoms with E-state index in [-0.39, 0.29) is 18.1 Å². The molecule has 9 heteroatoms. The van der Waals surface area contributed by atoms with E-state index >= 15 is 0 Å². The maximum Gasteiger partial charge on any atom is 0.263 e. The molecular formula is C22H25FN6OS. The summed E-state index contributed by atoms with van der Waals surface area (Å²) in [6, 6.07) is 2.85. The summed E-state index contributed by atoms with van der Waals surface area (Å²) in [5.74, 6) is 0.328. The van der Waals surface area contributed by atoms with Gasteiger partial charge in [0, 0.05) is 37.8 Å². The SMILES string of the molecule is Cc1nc(CCNCCc2nc3c([nH]2)CCC=C3)sc1C(=O)NCc1ncccc1F. The number of thiazole rings is 1. The summed E-state index contributed by atoms with van der Waals surface area (Å²) in [6.45, 7) is 3.46. The summed E-state index contributed by atoms with van der Waals surface area (Å²) < 4.78 is 13.7. The molecule has 0 aromatic carbocycles. The zero-order valence-corrected chi connectivity index (χ0v) is 18.2. The third-order valence-corrected chi connectivity index (χ3v) is 6.26. The quantitative estimate of drug-likeness (QED) is 0.445. The van der Waals surface area contributed by atoms with Crippen molar-refractivity contribution < 1.29 is 9.18 Å². The molecule has 0 bridgehead atoms. The molecule has 162 valence electrons. The van der Waals surface area contributed by atoms with E-state index in [2.05, 4.69) is 42.7 Å². The van der Waals surface area contributed by atoms with Crippen LogP contribution in [0, 0.1) is 12.7 Å². The van der Waals surface area contributed by atoms with Crippen molar-refractivity contribution in [3.63, 3.8) is 0 Å². The first-order valence-corrected chi connectivity index (χ1v) is 11.2. The number of H-pyrrole nitrogens is 1. The van der Waals surface area contributed by atoms with Crippen LogP contribution in [0.3, 0.4) is 0 Å². The van der Waals surface area contributed by atoms with Crippen LogP contribution in [0.25, 0.3) is 6.08 Å². The van der Waals surface area contributed by atoms with Crippen molar-refractivity contribution in [2.45, 2.75) is 39.2 Å². The molecule has 0 fully saturated rings. The number of nitrogens with zero attached hydrogens (tertiary/aromatic N) is 3. The Morgan fingerprint density at radius 2 is 2.16 bits per heavy atom. The Hall–Kier alpha value is -2.91. The van der Waals surface area contributed by atoms with Crippen molar-refractivity contribution >= 4 is 23.3 Å². The summed E-state index contributed by atoms with van der Waals surface area (Å²) in [5, 5.41) is 7.04. The molecule has 1 amide bonds. The van der Waals surface area contributed by atoms with Gasteiger partial charge in [-0.3, -0.25) is 9.78 Å². The number of carbonyl (C=O) groups is 1. The number of carbonyl (C=O) groups excluding carboxylic acids is 1. The maximum atomic E-state index is 13.7. The fourth-order valence-electron chi connectivity index (χ4n) is 3.44. The first kappa shape index (κ1) is 21.3. The topological polar surface area (TPSA) is 95.6 Å². The third-order valence-electron chi connectivity index (χ3n) is 5.05. The first-order valence-electron chi connectivity index (χ1n) is 10.4. The van der Waals surface area contributed by atoms with Crippen molar-refractivity contribution in [1.29, 1.82) is 0 Å². The van der Waals surface area contributed by atoms with Gasteiger partial charge in [-0.1, -0.05) is 6.08 Å². The number of allylic oxidation sites excluding steroid dienone is 1. The Labute approximate surface area is 184 Å². The molecule has 31 heavy (non-hydrogen) atoms. The van der Waals surface area contributed by atoms with E-state index in [1.807, 2.05) is 6.92 Å². The highest BCUT2D eigenvalue weighted by molar-refractivity contribution is 7.13. The molecule has 1 aliphatic rings. The van der Waals surface area contributed by atoms with Crippen molar-refractivity contribution in [3.8, 4) is 0 Å². The van der Waals surface area contributed by atoms with Gasteiger partial charge in [0.15, 0.2) is 0 Å². The van der Waals surface area contributed by atoms with Crippen LogP contribution >= 0.6 is 11.3 Å². The van der Waals surface area contributed by atoms with E-state index in [1.165, 1.54) is 35.4 Å². The van der Waals surface area contributed by atoms with Gasteiger partial charge in [0.2, 0.25) is 0 Å². The fourth-order valence-corrected chi connectivity index (χ4v) is 4.42. The lowest BCUT2D eigenvalue weighted by atomic mass is 10.1. The van der Waals surface area contributed by atoms with E-state index in [4.69, 9.17) is 0 Å². The Morgan fingerprint density at radius 1 is 1.29 bits per heavy atom. The van der Waals surface area contributed by atoms with Crippen molar-refractivity contribution in [3.05, 3.63) is 68.7 Å². The summed E-state index contributed by atoms with van der Waals surface area (Å²) in [6.07, 6.45) is 9.43. The van der Waals surface area contributed by atoms with Crippen LogP contribution in [0.4, 0.5) is 4.39 Å². The molecule has 3 heterocycles. The molecule has 3 N–H and O–H groups in total. The van der Waals surface area contributed by atoms with Gasteiger partial charge < -0.3 is 15.6 Å². The van der Waals surface area contributed by atoms with Gasteiger partial charge in [0.1, 0.15) is 16.5 Å². The average molecular weight is 441 g/mol. The molecule has 0 aliphatic heterocycles. The second kappa shape index (κ2) is 9.93. The van der Waals surface area contributed by atoms with E-state index < -0.39 is 5.82 Å². The fraction of sp³-hybridized carbons (Fsp3) is 0.364. The highest BCUT2D eigenvalue weighted by atomic mass is 32.1. The van der Waals surface area contributed by atoms with Crippen molar-refractivity contribution in [2.75, 3.05) is 13.1 Å². The number of hydrogen-bond acceptors (Lipinski definition) is 6. The number of aryl methyl sites for hydroxylation is 2. The van der Waals surface area contributed by atoms with Crippen LogP contribution in [0.1, 0.15) is 49.7 Å². The Bertz CT molecular complexity index is 1090. The highest BCUT2D eigenvalue weighted by Gasteiger charge is 2.16. The normalized spacial score (nSPS) is 12.7. The number of fused-ring (bicyclic) bond motifs is 1. The number of rotatable bonds is 9.